The lowest BCUT2D eigenvalue weighted by Crippen LogP contribution is -2.52. The molecule has 1 atom stereocenters. The van der Waals surface area contributed by atoms with Crippen molar-refractivity contribution >= 4 is 17.6 Å². The standard InChI is InChI=1S/C19H28F2N4O3/c1-18(2,3)14-10-15(23-28-14)22-17(27)13-6-4-5-8-25(13)16(26)11-24-9-7-19(20,21)12-24/h10,13H,4-9,11-12H2,1-3H3,(H,22,23,27). The van der Waals surface area contributed by atoms with Crippen molar-refractivity contribution < 1.29 is 22.9 Å². The third kappa shape index (κ3) is 4.87. The highest BCUT2D eigenvalue weighted by atomic mass is 19.3. The minimum atomic E-state index is -2.74. The average molecular weight is 398 g/mol. The van der Waals surface area contributed by atoms with Crippen LogP contribution in [0.1, 0.15) is 52.2 Å². The maximum Gasteiger partial charge on any atom is 0.261 e. The number of nitrogens with zero attached hydrogens (tertiary/aromatic N) is 3. The number of hydrogen-bond acceptors (Lipinski definition) is 5. The molecule has 0 aliphatic carbocycles. The number of nitrogens with one attached hydrogen (secondary N) is 1. The third-order valence-corrected chi connectivity index (χ3v) is 5.23. The predicted molar refractivity (Wildman–Crippen MR) is 99.2 cm³/mol. The molecule has 0 radical (unpaired) electrons. The van der Waals surface area contributed by atoms with Gasteiger partial charge in [-0.2, -0.15) is 0 Å². The van der Waals surface area contributed by atoms with E-state index in [1.165, 1.54) is 9.80 Å². The Bertz CT molecular complexity index is 729. The molecule has 1 unspecified atom stereocenters. The number of amides is 2. The van der Waals surface area contributed by atoms with Gasteiger partial charge < -0.3 is 14.7 Å². The van der Waals surface area contributed by atoms with Crippen LogP contribution in [0.3, 0.4) is 0 Å². The van der Waals surface area contributed by atoms with Gasteiger partial charge in [0.05, 0.1) is 13.1 Å². The molecule has 0 aromatic carbocycles. The number of carbonyl (C=O) groups is 2. The van der Waals surface area contributed by atoms with Gasteiger partial charge in [-0.3, -0.25) is 14.5 Å². The normalized spacial score (nSPS) is 23.0. The summed E-state index contributed by atoms with van der Waals surface area (Å²) in [6, 6.07) is 1.05. The van der Waals surface area contributed by atoms with E-state index in [1.807, 2.05) is 20.8 Å². The SMILES string of the molecule is CC(C)(C)c1cc(NC(=O)C2CCCCN2C(=O)CN2CCC(F)(F)C2)no1. The average Bonchev–Trinajstić information content (AvgIpc) is 3.21. The summed E-state index contributed by atoms with van der Waals surface area (Å²) in [5.41, 5.74) is -0.236. The molecular weight excluding hydrogens is 370 g/mol. The molecule has 7 nitrogen and oxygen atoms in total. The van der Waals surface area contributed by atoms with Gasteiger partial charge in [-0.25, -0.2) is 8.78 Å². The molecule has 0 spiro atoms. The number of halogens is 2. The molecule has 0 bridgehead atoms. The van der Waals surface area contributed by atoms with Crippen molar-refractivity contribution in [1.82, 2.24) is 15.0 Å². The van der Waals surface area contributed by atoms with Gasteiger partial charge in [0.2, 0.25) is 11.8 Å². The van der Waals surface area contributed by atoms with Crippen LogP contribution in [-0.4, -0.2) is 64.9 Å². The molecule has 2 aliphatic rings. The van der Waals surface area contributed by atoms with E-state index in [0.29, 0.717) is 24.5 Å². The Balaban J connectivity index is 1.63. The Hall–Kier alpha value is -2.03. The molecule has 3 rings (SSSR count). The van der Waals surface area contributed by atoms with Gasteiger partial charge in [0, 0.05) is 31.0 Å². The van der Waals surface area contributed by atoms with Crippen molar-refractivity contribution in [3.63, 3.8) is 0 Å². The van der Waals surface area contributed by atoms with Crippen LogP contribution in [0.25, 0.3) is 0 Å². The fourth-order valence-electron chi connectivity index (χ4n) is 3.62. The Labute approximate surface area is 163 Å². The first kappa shape index (κ1) is 20.7. The lowest BCUT2D eigenvalue weighted by atomic mass is 9.93. The molecule has 28 heavy (non-hydrogen) atoms. The Morgan fingerprint density at radius 3 is 2.68 bits per heavy atom. The molecule has 1 aromatic rings. The fourth-order valence-corrected chi connectivity index (χ4v) is 3.62. The molecule has 2 amide bonds. The summed E-state index contributed by atoms with van der Waals surface area (Å²) < 4.78 is 32.0. The first-order valence-electron chi connectivity index (χ1n) is 9.73. The van der Waals surface area contributed by atoms with Crippen LogP contribution in [-0.2, 0) is 15.0 Å². The summed E-state index contributed by atoms with van der Waals surface area (Å²) in [6.45, 7) is 6.08. The zero-order chi connectivity index (χ0) is 20.5. The number of hydrogen-bond donors (Lipinski definition) is 1. The maximum absolute atomic E-state index is 13.4. The number of carbonyl (C=O) groups excluding carboxylic acids is 2. The lowest BCUT2D eigenvalue weighted by molar-refractivity contribution is -0.141. The Morgan fingerprint density at radius 2 is 2.07 bits per heavy atom. The maximum atomic E-state index is 13.4. The van der Waals surface area contributed by atoms with Crippen molar-refractivity contribution in [2.75, 3.05) is 31.5 Å². The number of alkyl halides is 2. The molecule has 2 aliphatic heterocycles. The minimum Gasteiger partial charge on any atom is -0.359 e. The van der Waals surface area contributed by atoms with Gasteiger partial charge in [-0.1, -0.05) is 25.9 Å². The molecule has 0 saturated carbocycles. The van der Waals surface area contributed by atoms with E-state index in [4.69, 9.17) is 4.52 Å². The number of likely N-dealkylation sites (tertiary alicyclic amines) is 2. The molecule has 2 saturated heterocycles. The Kier molecular flexibility index (Phi) is 5.74. The zero-order valence-corrected chi connectivity index (χ0v) is 16.6. The number of anilines is 1. The summed E-state index contributed by atoms with van der Waals surface area (Å²) in [5, 5.41) is 6.61. The van der Waals surface area contributed by atoms with Crippen LogP contribution >= 0.6 is 0 Å². The van der Waals surface area contributed by atoms with Crippen molar-refractivity contribution in [3.05, 3.63) is 11.8 Å². The molecule has 156 valence electrons. The van der Waals surface area contributed by atoms with Crippen LogP contribution in [0.4, 0.5) is 14.6 Å². The van der Waals surface area contributed by atoms with E-state index in [0.717, 1.165) is 12.8 Å². The topological polar surface area (TPSA) is 78.7 Å². The summed E-state index contributed by atoms with van der Waals surface area (Å²) >= 11 is 0. The van der Waals surface area contributed by atoms with Crippen LogP contribution in [0.15, 0.2) is 10.6 Å². The van der Waals surface area contributed by atoms with Crippen LogP contribution < -0.4 is 5.32 Å². The highest BCUT2D eigenvalue weighted by Crippen LogP contribution is 2.28. The quantitative estimate of drug-likeness (QED) is 0.844. The summed E-state index contributed by atoms with van der Waals surface area (Å²) in [6.07, 6.45) is 1.93. The van der Waals surface area contributed by atoms with E-state index in [1.54, 1.807) is 6.07 Å². The first-order chi connectivity index (χ1) is 13.0. The smallest absolute Gasteiger partial charge is 0.261 e. The summed E-state index contributed by atoms with van der Waals surface area (Å²) in [4.78, 5) is 28.4. The highest BCUT2D eigenvalue weighted by Gasteiger charge is 2.40. The molecule has 1 N–H and O–H groups in total. The van der Waals surface area contributed by atoms with Gasteiger partial charge in [-0.05, 0) is 19.3 Å². The van der Waals surface area contributed by atoms with E-state index in [9.17, 15) is 18.4 Å². The van der Waals surface area contributed by atoms with E-state index in [2.05, 4.69) is 10.5 Å². The predicted octanol–water partition coefficient (Wildman–Crippen LogP) is 2.63. The lowest BCUT2D eigenvalue weighted by Gasteiger charge is -2.35. The highest BCUT2D eigenvalue weighted by molar-refractivity contribution is 5.96. The van der Waals surface area contributed by atoms with Crippen LogP contribution in [0, 0.1) is 0 Å². The monoisotopic (exact) mass is 398 g/mol. The van der Waals surface area contributed by atoms with Crippen molar-refractivity contribution in [3.8, 4) is 0 Å². The van der Waals surface area contributed by atoms with Crippen LogP contribution in [0.5, 0.6) is 0 Å². The molecule has 9 heteroatoms. The molecule has 1 aromatic heterocycles. The van der Waals surface area contributed by atoms with E-state index in [-0.39, 0.29) is 36.7 Å². The molecular formula is C19H28F2N4O3. The Morgan fingerprint density at radius 1 is 1.32 bits per heavy atom. The molecule has 2 fully saturated rings. The summed E-state index contributed by atoms with van der Waals surface area (Å²) in [5.74, 6) is -2.39. The number of piperidine rings is 1. The van der Waals surface area contributed by atoms with Crippen LogP contribution in [0.2, 0.25) is 0 Å². The van der Waals surface area contributed by atoms with Crippen molar-refractivity contribution in [1.29, 1.82) is 0 Å². The molecule has 3 heterocycles. The summed E-state index contributed by atoms with van der Waals surface area (Å²) in [7, 11) is 0. The first-order valence-corrected chi connectivity index (χ1v) is 9.73. The number of aromatic nitrogens is 1. The van der Waals surface area contributed by atoms with Gasteiger partial charge in [0.25, 0.3) is 5.92 Å². The zero-order valence-electron chi connectivity index (χ0n) is 16.6. The largest absolute Gasteiger partial charge is 0.359 e. The minimum absolute atomic E-state index is 0.0858. The van der Waals surface area contributed by atoms with Crippen molar-refractivity contribution in [2.24, 2.45) is 0 Å². The van der Waals surface area contributed by atoms with Crippen molar-refractivity contribution in [2.45, 2.75) is 63.8 Å². The fraction of sp³-hybridized carbons (Fsp3) is 0.737. The van der Waals surface area contributed by atoms with Gasteiger partial charge >= 0.3 is 0 Å². The second kappa shape index (κ2) is 7.77. The second-order valence-corrected chi connectivity index (χ2v) is 8.73. The van der Waals surface area contributed by atoms with E-state index < -0.39 is 18.5 Å². The number of rotatable bonds is 4. The van der Waals surface area contributed by atoms with Gasteiger partial charge in [0.15, 0.2) is 5.82 Å². The van der Waals surface area contributed by atoms with Gasteiger partial charge in [-0.15, -0.1) is 0 Å². The second-order valence-electron chi connectivity index (χ2n) is 8.73. The van der Waals surface area contributed by atoms with Gasteiger partial charge in [0.1, 0.15) is 11.8 Å². The van der Waals surface area contributed by atoms with E-state index >= 15 is 0 Å². The third-order valence-electron chi connectivity index (χ3n) is 5.23.